The summed E-state index contributed by atoms with van der Waals surface area (Å²) in [4.78, 5) is 16.0. The first-order chi connectivity index (χ1) is 14.3. The number of nitrogens with zero attached hydrogens (tertiary/aromatic N) is 1. The van der Waals surface area contributed by atoms with Gasteiger partial charge in [-0.3, -0.25) is 14.8 Å². The van der Waals surface area contributed by atoms with Crippen LogP contribution in [0.4, 0.5) is 10.8 Å². The normalized spacial score (nSPS) is 11.2. The van der Waals surface area contributed by atoms with E-state index in [-0.39, 0.29) is 15.9 Å². The third-order valence-corrected chi connectivity index (χ3v) is 6.19. The third kappa shape index (κ3) is 6.21. The van der Waals surface area contributed by atoms with Gasteiger partial charge in [-0.15, -0.1) is 11.3 Å². The lowest BCUT2D eigenvalue weighted by Crippen LogP contribution is -2.32. The molecule has 1 heterocycles. The Kier molecular flexibility index (Phi) is 6.93. The minimum Gasteiger partial charge on any atom is -0.332 e. The van der Waals surface area contributed by atoms with E-state index in [0.29, 0.717) is 10.8 Å². The van der Waals surface area contributed by atoms with Crippen LogP contribution in [0.25, 0.3) is 6.08 Å². The zero-order valence-electron chi connectivity index (χ0n) is 15.8. The van der Waals surface area contributed by atoms with E-state index in [1.54, 1.807) is 23.6 Å². The van der Waals surface area contributed by atoms with Crippen molar-refractivity contribution in [2.75, 3.05) is 10.0 Å². The second-order valence-corrected chi connectivity index (χ2v) is 9.14. The van der Waals surface area contributed by atoms with Crippen molar-refractivity contribution in [2.45, 2.75) is 11.8 Å². The molecule has 0 aliphatic heterocycles. The molecule has 3 aromatic rings. The Balaban J connectivity index is 1.55. The fourth-order valence-electron chi connectivity index (χ4n) is 2.33. The first kappa shape index (κ1) is 21.6. The summed E-state index contributed by atoms with van der Waals surface area (Å²) in [6.45, 7) is 1.99. The van der Waals surface area contributed by atoms with Crippen molar-refractivity contribution in [2.24, 2.45) is 0 Å². The molecule has 0 unspecified atom stereocenters. The molecule has 3 N–H and O–H groups in total. The zero-order chi connectivity index (χ0) is 21.6. The van der Waals surface area contributed by atoms with Crippen molar-refractivity contribution >= 4 is 61.5 Å². The number of carbonyl (C=O) groups is 1. The topological polar surface area (TPSA) is 100 Å². The standard InChI is InChI=1S/C20H18N4O3S3/c1-14-2-4-15(5-3-14)6-11-18(25)23-19(28)22-16-7-9-17(10-8-16)30(26,27)24-20-21-12-13-29-20/h2-13H,1H3,(H,21,24)(H2,22,23,25,28)/b11-6+. The maximum atomic E-state index is 12.3. The van der Waals surface area contributed by atoms with Gasteiger partial charge in [0.15, 0.2) is 10.2 Å². The quantitative estimate of drug-likeness (QED) is 0.384. The van der Waals surface area contributed by atoms with E-state index in [9.17, 15) is 13.2 Å². The number of rotatable bonds is 6. The van der Waals surface area contributed by atoms with Crippen LogP contribution in [-0.2, 0) is 14.8 Å². The first-order valence-electron chi connectivity index (χ1n) is 8.71. The SMILES string of the molecule is Cc1ccc(/C=C/C(=O)NC(=S)Nc2ccc(S(=O)(=O)Nc3nccs3)cc2)cc1. The Morgan fingerprint density at radius 1 is 1.10 bits per heavy atom. The number of aryl methyl sites for hydroxylation is 1. The summed E-state index contributed by atoms with van der Waals surface area (Å²) in [5, 5.41) is 7.45. The molecule has 30 heavy (non-hydrogen) atoms. The molecule has 0 bridgehead atoms. The fraction of sp³-hybridized carbons (Fsp3) is 0.0500. The predicted molar refractivity (Wildman–Crippen MR) is 124 cm³/mol. The van der Waals surface area contributed by atoms with E-state index >= 15 is 0 Å². The number of aromatic nitrogens is 1. The summed E-state index contributed by atoms with van der Waals surface area (Å²) in [6.07, 6.45) is 4.59. The summed E-state index contributed by atoms with van der Waals surface area (Å²) in [5.41, 5.74) is 2.58. The first-order valence-corrected chi connectivity index (χ1v) is 11.5. The number of anilines is 2. The highest BCUT2D eigenvalue weighted by Crippen LogP contribution is 2.19. The molecule has 0 atom stereocenters. The number of sulfonamides is 1. The molecule has 0 radical (unpaired) electrons. The highest BCUT2D eigenvalue weighted by atomic mass is 32.2. The van der Waals surface area contributed by atoms with Gasteiger partial charge in [-0.2, -0.15) is 0 Å². The summed E-state index contributed by atoms with van der Waals surface area (Å²) < 4.78 is 27.1. The maximum absolute atomic E-state index is 12.3. The fourth-order valence-corrected chi connectivity index (χ4v) is 4.34. The van der Waals surface area contributed by atoms with Crippen molar-refractivity contribution in [3.8, 4) is 0 Å². The van der Waals surface area contributed by atoms with Crippen LogP contribution in [-0.4, -0.2) is 24.4 Å². The van der Waals surface area contributed by atoms with E-state index in [1.165, 1.54) is 35.7 Å². The number of hydrogen-bond acceptors (Lipinski definition) is 6. The molecule has 154 valence electrons. The summed E-state index contributed by atoms with van der Waals surface area (Å²) in [5.74, 6) is -0.375. The average Bonchev–Trinajstić information content (AvgIpc) is 3.20. The zero-order valence-corrected chi connectivity index (χ0v) is 18.3. The molecule has 1 amide bonds. The van der Waals surface area contributed by atoms with Crippen molar-refractivity contribution in [1.82, 2.24) is 10.3 Å². The van der Waals surface area contributed by atoms with Gasteiger partial charge in [0.2, 0.25) is 5.91 Å². The molecule has 3 rings (SSSR count). The van der Waals surface area contributed by atoms with Crippen LogP contribution in [0.5, 0.6) is 0 Å². The monoisotopic (exact) mass is 458 g/mol. The third-order valence-electron chi connectivity index (χ3n) is 3.82. The van der Waals surface area contributed by atoms with Gasteiger partial charge in [0, 0.05) is 23.3 Å². The van der Waals surface area contributed by atoms with Gasteiger partial charge < -0.3 is 5.32 Å². The summed E-state index contributed by atoms with van der Waals surface area (Å²) >= 11 is 6.32. The van der Waals surface area contributed by atoms with Crippen LogP contribution in [0, 0.1) is 6.92 Å². The molecular formula is C20H18N4O3S3. The second-order valence-electron chi connectivity index (χ2n) is 6.15. The molecule has 0 spiro atoms. The molecule has 0 fully saturated rings. The van der Waals surface area contributed by atoms with Crippen molar-refractivity contribution in [3.05, 3.63) is 77.3 Å². The van der Waals surface area contributed by atoms with Gasteiger partial charge in [0.25, 0.3) is 10.0 Å². The lowest BCUT2D eigenvalue weighted by molar-refractivity contribution is -0.115. The molecule has 0 saturated carbocycles. The number of hydrogen-bond donors (Lipinski definition) is 3. The van der Waals surface area contributed by atoms with Gasteiger partial charge >= 0.3 is 0 Å². The van der Waals surface area contributed by atoms with E-state index in [1.807, 2.05) is 31.2 Å². The Morgan fingerprint density at radius 3 is 2.43 bits per heavy atom. The average molecular weight is 459 g/mol. The van der Waals surface area contributed by atoms with E-state index in [2.05, 4.69) is 20.3 Å². The van der Waals surface area contributed by atoms with Crippen molar-refractivity contribution in [3.63, 3.8) is 0 Å². The van der Waals surface area contributed by atoms with Crippen LogP contribution in [0.15, 0.2) is 71.1 Å². The Hall–Kier alpha value is -3.08. The molecular weight excluding hydrogens is 440 g/mol. The van der Waals surface area contributed by atoms with Gasteiger partial charge in [-0.25, -0.2) is 13.4 Å². The molecule has 1 aromatic heterocycles. The van der Waals surface area contributed by atoms with Crippen molar-refractivity contribution < 1.29 is 13.2 Å². The number of carbonyl (C=O) groups excluding carboxylic acids is 1. The predicted octanol–water partition coefficient (Wildman–Crippen LogP) is 3.78. The van der Waals surface area contributed by atoms with Gasteiger partial charge in [-0.1, -0.05) is 29.8 Å². The lowest BCUT2D eigenvalue weighted by Gasteiger charge is -2.09. The molecule has 0 aliphatic carbocycles. The van der Waals surface area contributed by atoms with E-state index < -0.39 is 10.0 Å². The van der Waals surface area contributed by atoms with Crippen LogP contribution >= 0.6 is 23.6 Å². The Labute approximate surface area is 183 Å². The van der Waals surface area contributed by atoms with Gasteiger partial charge in [0.1, 0.15) is 0 Å². The number of amides is 1. The van der Waals surface area contributed by atoms with Crippen LogP contribution in [0.3, 0.4) is 0 Å². The highest BCUT2D eigenvalue weighted by Gasteiger charge is 2.15. The maximum Gasteiger partial charge on any atom is 0.263 e. The highest BCUT2D eigenvalue weighted by molar-refractivity contribution is 7.93. The second kappa shape index (κ2) is 9.61. The summed E-state index contributed by atoms with van der Waals surface area (Å²) in [6, 6.07) is 13.7. The van der Waals surface area contributed by atoms with Crippen LogP contribution in [0.1, 0.15) is 11.1 Å². The minimum absolute atomic E-state index is 0.0826. The molecule has 0 aliphatic rings. The van der Waals surface area contributed by atoms with Crippen molar-refractivity contribution in [1.29, 1.82) is 0 Å². The Bertz CT molecular complexity index is 1160. The number of thiocarbonyl (C=S) groups is 1. The van der Waals surface area contributed by atoms with E-state index in [4.69, 9.17) is 12.2 Å². The molecule has 7 nitrogen and oxygen atoms in total. The van der Waals surface area contributed by atoms with Gasteiger partial charge in [-0.05, 0) is 55.0 Å². The lowest BCUT2D eigenvalue weighted by atomic mass is 10.1. The largest absolute Gasteiger partial charge is 0.332 e. The molecule has 0 saturated heterocycles. The van der Waals surface area contributed by atoms with Crippen LogP contribution in [0.2, 0.25) is 0 Å². The number of nitrogens with one attached hydrogen (secondary N) is 3. The Morgan fingerprint density at radius 2 is 1.80 bits per heavy atom. The molecule has 10 heteroatoms. The van der Waals surface area contributed by atoms with E-state index in [0.717, 1.165) is 11.1 Å². The minimum atomic E-state index is -3.73. The number of thiazole rings is 1. The smallest absolute Gasteiger partial charge is 0.263 e. The van der Waals surface area contributed by atoms with Crippen LogP contribution < -0.4 is 15.4 Å². The van der Waals surface area contributed by atoms with Gasteiger partial charge in [0.05, 0.1) is 4.90 Å². The summed E-state index contributed by atoms with van der Waals surface area (Å²) in [7, 11) is -3.73. The number of benzene rings is 2. The molecule has 2 aromatic carbocycles.